The fraction of sp³-hybridized carbons (Fsp3) is 0.846. The van der Waals surface area contributed by atoms with E-state index in [1.54, 1.807) is 6.92 Å². The van der Waals surface area contributed by atoms with Crippen molar-refractivity contribution in [1.29, 1.82) is 0 Å². The van der Waals surface area contributed by atoms with Crippen LogP contribution in [0.2, 0.25) is 0 Å². The molecule has 1 atom stereocenters. The van der Waals surface area contributed by atoms with Crippen molar-refractivity contribution in [2.75, 3.05) is 6.61 Å². The van der Waals surface area contributed by atoms with Gasteiger partial charge in [0.05, 0.1) is 6.61 Å². The van der Waals surface area contributed by atoms with E-state index in [4.69, 9.17) is 4.74 Å². The van der Waals surface area contributed by atoms with Crippen LogP contribution in [0.15, 0.2) is 0 Å². The van der Waals surface area contributed by atoms with Crippen molar-refractivity contribution >= 4 is 12.3 Å². The summed E-state index contributed by atoms with van der Waals surface area (Å²) in [5, 5.41) is 0. The lowest BCUT2D eigenvalue weighted by molar-refractivity contribution is -0.143. The van der Waals surface area contributed by atoms with Gasteiger partial charge in [-0.05, 0) is 12.8 Å². The third-order valence-electron chi connectivity index (χ3n) is 2.59. The molecule has 0 rings (SSSR count). The molecule has 1 unspecified atom stereocenters. The average molecular weight is 227 g/mol. The SMILES string of the molecule is CCCCCCC([C]=O)CCOC(=O)CC. The van der Waals surface area contributed by atoms with Gasteiger partial charge in [0.25, 0.3) is 0 Å². The van der Waals surface area contributed by atoms with Crippen LogP contribution in [0, 0.1) is 5.92 Å². The second-order valence-electron chi connectivity index (χ2n) is 4.03. The molecule has 3 nitrogen and oxygen atoms in total. The van der Waals surface area contributed by atoms with Crippen molar-refractivity contribution in [2.45, 2.75) is 58.8 Å². The molecule has 0 aromatic heterocycles. The van der Waals surface area contributed by atoms with Gasteiger partial charge in [-0.15, -0.1) is 0 Å². The zero-order chi connectivity index (χ0) is 12.2. The fourth-order valence-corrected chi connectivity index (χ4v) is 1.50. The Hall–Kier alpha value is -0.860. The summed E-state index contributed by atoms with van der Waals surface area (Å²) in [4.78, 5) is 21.5. The van der Waals surface area contributed by atoms with Gasteiger partial charge < -0.3 is 4.74 Å². The van der Waals surface area contributed by atoms with E-state index >= 15 is 0 Å². The maximum Gasteiger partial charge on any atom is 0.305 e. The number of unbranched alkanes of at least 4 members (excludes halogenated alkanes) is 3. The zero-order valence-electron chi connectivity index (χ0n) is 10.5. The number of hydrogen-bond acceptors (Lipinski definition) is 3. The van der Waals surface area contributed by atoms with Crippen molar-refractivity contribution in [3.05, 3.63) is 0 Å². The first kappa shape index (κ1) is 15.1. The normalized spacial score (nSPS) is 12.1. The van der Waals surface area contributed by atoms with Gasteiger partial charge >= 0.3 is 5.97 Å². The first-order valence-corrected chi connectivity index (χ1v) is 6.27. The van der Waals surface area contributed by atoms with Gasteiger partial charge in [-0.1, -0.05) is 39.5 Å². The van der Waals surface area contributed by atoms with Gasteiger partial charge in [0, 0.05) is 12.3 Å². The molecule has 0 aromatic rings. The third-order valence-corrected chi connectivity index (χ3v) is 2.59. The standard InChI is InChI=1S/C13H23O3/c1-3-5-6-7-8-12(11-14)9-10-16-13(15)4-2/h12H,3-10H2,1-2H3. The predicted molar refractivity (Wildman–Crippen MR) is 63.8 cm³/mol. The molecule has 93 valence electrons. The van der Waals surface area contributed by atoms with Crippen molar-refractivity contribution in [3.63, 3.8) is 0 Å². The molecular weight excluding hydrogens is 204 g/mol. The van der Waals surface area contributed by atoms with Gasteiger partial charge in [-0.3, -0.25) is 9.59 Å². The van der Waals surface area contributed by atoms with Crippen LogP contribution in [0.4, 0.5) is 0 Å². The molecule has 0 aliphatic heterocycles. The zero-order valence-corrected chi connectivity index (χ0v) is 10.5. The van der Waals surface area contributed by atoms with Gasteiger partial charge in [0.15, 0.2) is 0 Å². The molecule has 0 aliphatic rings. The van der Waals surface area contributed by atoms with Gasteiger partial charge in [-0.2, -0.15) is 0 Å². The smallest absolute Gasteiger partial charge is 0.305 e. The highest BCUT2D eigenvalue weighted by Gasteiger charge is 2.09. The van der Waals surface area contributed by atoms with E-state index in [-0.39, 0.29) is 11.9 Å². The Kier molecular flexibility index (Phi) is 10.1. The highest BCUT2D eigenvalue weighted by molar-refractivity contribution is 5.68. The minimum atomic E-state index is -0.198. The largest absolute Gasteiger partial charge is 0.466 e. The molecule has 0 fully saturated rings. The molecule has 0 saturated carbocycles. The number of hydrogen-bond donors (Lipinski definition) is 0. The number of ether oxygens (including phenoxy) is 1. The first-order valence-electron chi connectivity index (χ1n) is 6.27. The Balaban J connectivity index is 3.51. The van der Waals surface area contributed by atoms with Crippen LogP contribution in [0.1, 0.15) is 58.8 Å². The van der Waals surface area contributed by atoms with E-state index < -0.39 is 0 Å². The summed E-state index contributed by atoms with van der Waals surface area (Å²) in [6.45, 7) is 4.27. The van der Waals surface area contributed by atoms with Crippen LogP contribution in [0.3, 0.4) is 0 Å². The second-order valence-corrected chi connectivity index (χ2v) is 4.03. The van der Waals surface area contributed by atoms with E-state index in [0.717, 1.165) is 12.8 Å². The van der Waals surface area contributed by atoms with Crippen LogP contribution in [0.25, 0.3) is 0 Å². The number of carbonyl (C=O) groups is 1. The van der Waals surface area contributed by atoms with Gasteiger partial charge in [-0.25, -0.2) is 0 Å². The second kappa shape index (κ2) is 10.7. The predicted octanol–water partition coefficient (Wildman–Crippen LogP) is 3.03. The minimum absolute atomic E-state index is 0.0680. The number of rotatable bonds is 10. The summed E-state index contributed by atoms with van der Waals surface area (Å²) in [7, 11) is 0. The monoisotopic (exact) mass is 227 g/mol. The van der Waals surface area contributed by atoms with Gasteiger partial charge in [0.2, 0.25) is 6.29 Å². The maximum atomic E-state index is 10.9. The Morgan fingerprint density at radius 2 is 1.94 bits per heavy atom. The van der Waals surface area contributed by atoms with E-state index in [1.165, 1.54) is 19.3 Å². The van der Waals surface area contributed by atoms with E-state index in [9.17, 15) is 9.59 Å². The van der Waals surface area contributed by atoms with Crippen molar-refractivity contribution in [1.82, 2.24) is 0 Å². The summed E-state index contributed by atoms with van der Waals surface area (Å²) in [6, 6.07) is 0. The van der Waals surface area contributed by atoms with Crippen LogP contribution < -0.4 is 0 Å². The Morgan fingerprint density at radius 1 is 1.19 bits per heavy atom. The molecule has 0 amide bonds. The summed E-state index contributed by atoms with van der Waals surface area (Å²) in [6.07, 6.45) is 8.56. The Labute approximate surface area is 98.6 Å². The van der Waals surface area contributed by atoms with Crippen molar-refractivity contribution in [2.24, 2.45) is 5.92 Å². The Morgan fingerprint density at radius 3 is 2.50 bits per heavy atom. The molecule has 0 spiro atoms. The van der Waals surface area contributed by atoms with Crippen LogP contribution >= 0.6 is 0 Å². The average Bonchev–Trinajstić information content (AvgIpc) is 2.31. The molecule has 0 heterocycles. The molecular formula is C13H23O3. The lowest BCUT2D eigenvalue weighted by Crippen LogP contribution is -2.10. The summed E-state index contributed by atoms with van der Waals surface area (Å²) in [5.74, 6) is -0.267. The molecule has 3 heteroatoms. The number of carbonyl (C=O) groups excluding carboxylic acids is 2. The van der Waals surface area contributed by atoms with Crippen LogP contribution in [-0.4, -0.2) is 18.9 Å². The third kappa shape index (κ3) is 8.45. The Bertz CT molecular complexity index is 190. The lowest BCUT2D eigenvalue weighted by Gasteiger charge is -2.09. The molecule has 0 saturated heterocycles. The minimum Gasteiger partial charge on any atom is -0.466 e. The highest BCUT2D eigenvalue weighted by Crippen LogP contribution is 2.12. The van der Waals surface area contributed by atoms with Crippen LogP contribution in [-0.2, 0) is 14.3 Å². The van der Waals surface area contributed by atoms with Crippen LogP contribution in [0.5, 0.6) is 0 Å². The molecule has 0 N–H and O–H groups in total. The van der Waals surface area contributed by atoms with Crippen molar-refractivity contribution in [3.8, 4) is 0 Å². The van der Waals surface area contributed by atoms with E-state index in [2.05, 4.69) is 6.92 Å². The lowest BCUT2D eigenvalue weighted by atomic mass is 9.99. The molecule has 16 heavy (non-hydrogen) atoms. The summed E-state index contributed by atoms with van der Waals surface area (Å²) in [5.41, 5.74) is 0. The molecule has 0 bridgehead atoms. The molecule has 1 radical (unpaired) electrons. The van der Waals surface area contributed by atoms with Crippen molar-refractivity contribution < 1.29 is 14.3 Å². The maximum absolute atomic E-state index is 10.9. The number of esters is 1. The fourth-order valence-electron chi connectivity index (χ4n) is 1.50. The van der Waals surface area contributed by atoms with E-state index in [1.807, 2.05) is 6.29 Å². The van der Waals surface area contributed by atoms with E-state index in [0.29, 0.717) is 19.4 Å². The molecule has 0 aliphatic carbocycles. The highest BCUT2D eigenvalue weighted by atomic mass is 16.5. The first-order chi connectivity index (χ1) is 7.74. The quantitative estimate of drug-likeness (QED) is 0.425. The summed E-state index contributed by atoms with van der Waals surface area (Å²) < 4.78 is 4.93. The summed E-state index contributed by atoms with van der Waals surface area (Å²) >= 11 is 0. The molecule has 0 aromatic carbocycles. The van der Waals surface area contributed by atoms with Gasteiger partial charge in [0.1, 0.15) is 0 Å². The topological polar surface area (TPSA) is 43.4 Å².